The van der Waals surface area contributed by atoms with E-state index >= 15 is 0 Å². The first-order valence-electron chi connectivity index (χ1n) is 7.67. The molecule has 0 heterocycles. The summed E-state index contributed by atoms with van der Waals surface area (Å²) in [6, 6.07) is 12.5. The van der Waals surface area contributed by atoms with Gasteiger partial charge in [-0.15, -0.1) is 0 Å². The van der Waals surface area contributed by atoms with Crippen molar-refractivity contribution in [1.82, 2.24) is 0 Å². The molecule has 0 aliphatic heterocycles. The lowest BCUT2D eigenvalue weighted by Crippen LogP contribution is -2.33. The molecule has 0 saturated carbocycles. The molecular weight excluding hydrogens is 329 g/mol. The predicted molar refractivity (Wildman–Crippen MR) is 92.9 cm³/mol. The van der Waals surface area contributed by atoms with E-state index in [1.807, 2.05) is 19.1 Å². The molecule has 1 N–H and O–H groups in total. The predicted octanol–water partition coefficient (Wildman–Crippen LogP) is 3.33. The first-order chi connectivity index (χ1) is 11.3. The average molecular weight is 349 g/mol. The number of halogens is 1. The van der Waals surface area contributed by atoms with Crippen LogP contribution in [0.15, 0.2) is 48.5 Å². The Labute approximate surface area is 141 Å². The maximum atomic E-state index is 12.9. The van der Waals surface area contributed by atoms with E-state index in [1.54, 1.807) is 12.1 Å². The zero-order valence-electron chi connectivity index (χ0n) is 13.6. The maximum absolute atomic E-state index is 12.9. The highest BCUT2D eigenvalue weighted by Crippen LogP contribution is 2.15. The molecule has 6 heteroatoms. The number of hydrogen-bond acceptors (Lipinski definition) is 3. The van der Waals surface area contributed by atoms with Crippen LogP contribution in [0.4, 0.5) is 10.1 Å². The normalized spacial score (nSPS) is 12.6. The number of carbonyl (C=O) groups is 1. The van der Waals surface area contributed by atoms with Gasteiger partial charge in [-0.05, 0) is 48.7 Å². The number of amides is 1. The van der Waals surface area contributed by atoms with E-state index in [4.69, 9.17) is 0 Å². The van der Waals surface area contributed by atoms with Crippen LogP contribution >= 0.6 is 0 Å². The van der Waals surface area contributed by atoms with Crippen molar-refractivity contribution >= 4 is 21.4 Å². The molecular formula is C18H20FNO3S. The van der Waals surface area contributed by atoms with Gasteiger partial charge in [0.1, 0.15) is 11.1 Å². The SMILES string of the molecule is CCc1ccc(NC(=O)C(C)S(=O)(=O)Cc2ccc(F)cc2)cc1. The van der Waals surface area contributed by atoms with Crippen LogP contribution in [0.3, 0.4) is 0 Å². The fourth-order valence-electron chi connectivity index (χ4n) is 2.17. The van der Waals surface area contributed by atoms with Gasteiger partial charge in [-0.2, -0.15) is 0 Å². The minimum atomic E-state index is -3.69. The molecule has 128 valence electrons. The van der Waals surface area contributed by atoms with E-state index in [9.17, 15) is 17.6 Å². The average Bonchev–Trinajstić information content (AvgIpc) is 2.56. The third kappa shape index (κ3) is 4.64. The number of carbonyl (C=O) groups excluding carboxylic acids is 1. The van der Waals surface area contributed by atoms with E-state index < -0.39 is 26.8 Å². The standard InChI is InChI=1S/C18H20FNO3S/c1-3-14-6-10-17(11-7-14)20-18(21)13(2)24(22,23)12-15-4-8-16(19)9-5-15/h4-11,13H,3,12H2,1-2H3,(H,20,21). The van der Waals surface area contributed by atoms with Gasteiger partial charge in [-0.25, -0.2) is 12.8 Å². The van der Waals surface area contributed by atoms with Crippen molar-refractivity contribution in [3.63, 3.8) is 0 Å². The summed E-state index contributed by atoms with van der Waals surface area (Å²) in [5, 5.41) is 1.42. The highest BCUT2D eigenvalue weighted by Gasteiger charge is 2.28. The van der Waals surface area contributed by atoms with Crippen molar-refractivity contribution in [3.8, 4) is 0 Å². The van der Waals surface area contributed by atoms with Crippen LogP contribution in [-0.4, -0.2) is 19.6 Å². The van der Waals surface area contributed by atoms with Crippen molar-refractivity contribution < 1.29 is 17.6 Å². The van der Waals surface area contributed by atoms with Gasteiger partial charge in [-0.1, -0.05) is 31.2 Å². The molecule has 4 nitrogen and oxygen atoms in total. The first-order valence-corrected chi connectivity index (χ1v) is 9.39. The number of aryl methyl sites for hydroxylation is 1. The Morgan fingerprint density at radius 2 is 1.58 bits per heavy atom. The molecule has 2 rings (SSSR count). The molecule has 1 amide bonds. The Balaban J connectivity index is 2.05. The van der Waals surface area contributed by atoms with Crippen molar-refractivity contribution in [2.24, 2.45) is 0 Å². The van der Waals surface area contributed by atoms with E-state index in [-0.39, 0.29) is 5.75 Å². The van der Waals surface area contributed by atoms with Crippen LogP contribution in [0.5, 0.6) is 0 Å². The smallest absolute Gasteiger partial charge is 0.242 e. The third-order valence-corrected chi connectivity index (χ3v) is 5.85. The zero-order chi connectivity index (χ0) is 17.7. The zero-order valence-corrected chi connectivity index (χ0v) is 14.4. The topological polar surface area (TPSA) is 63.2 Å². The summed E-state index contributed by atoms with van der Waals surface area (Å²) in [4.78, 5) is 12.2. The molecule has 0 fully saturated rings. The van der Waals surface area contributed by atoms with Crippen molar-refractivity contribution in [1.29, 1.82) is 0 Å². The number of anilines is 1. The van der Waals surface area contributed by atoms with Gasteiger partial charge in [0.2, 0.25) is 5.91 Å². The molecule has 2 aromatic carbocycles. The molecule has 0 aliphatic carbocycles. The fourth-order valence-corrected chi connectivity index (χ4v) is 3.46. The molecule has 0 saturated heterocycles. The second kappa shape index (κ2) is 7.57. The van der Waals surface area contributed by atoms with E-state index in [0.29, 0.717) is 11.3 Å². The number of sulfone groups is 1. The van der Waals surface area contributed by atoms with Crippen LogP contribution in [0, 0.1) is 5.82 Å². The van der Waals surface area contributed by atoms with Gasteiger partial charge in [0.25, 0.3) is 0 Å². The molecule has 0 bridgehead atoms. The van der Waals surface area contributed by atoms with Crippen molar-refractivity contribution in [2.45, 2.75) is 31.3 Å². The summed E-state index contributed by atoms with van der Waals surface area (Å²) >= 11 is 0. The van der Waals surface area contributed by atoms with E-state index in [1.165, 1.54) is 31.2 Å². The van der Waals surface area contributed by atoms with Gasteiger partial charge in [0.15, 0.2) is 9.84 Å². The quantitative estimate of drug-likeness (QED) is 0.870. The fraction of sp³-hybridized carbons (Fsp3) is 0.278. The molecule has 1 unspecified atom stereocenters. The van der Waals surface area contributed by atoms with E-state index in [2.05, 4.69) is 5.32 Å². The summed E-state index contributed by atoms with van der Waals surface area (Å²) in [6.45, 7) is 3.38. The monoisotopic (exact) mass is 349 g/mol. The maximum Gasteiger partial charge on any atom is 0.242 e. The summed E-state index contributed by atoms with van der Waals surface area (Å²) in [5.41, 5.74) is 2.13. The minimum absolute atomic E-state index is 0.309. The highest BCUT2D eigenvalue weighted by molar-refractivity contribution is 7.92. The second-order valence-corrected chi connectivity index (χ2v) is 7.94. The summed E-state index contributed by atoms with van der Waals surface area (Å²) < 4.78 is 37.6. The van der Waals surface area contributed by atoms with Crippen LogP contribution in [0.1, 0.15) is 25.0 Å². The molecule has 0 aromatic heterocycles. The Kier molecular flexibility index (Phi) is 5.72. The van der Waals surface area contributed by atoms with Crippen LogP contribution < -0.4 is 5.32 Å². The highest BCUT2D eigenvalue weighted by atomic mass is 32.2. The van der Waals surface area contributed by atoms with Gasteiger partial charge < -0.3 is 5.32 Å². The van der Waals surface area contributed by atoms with Crippen LogP contribution in [0.25, 0.3) is 0 Å². The van der Waals surface area contributed by atoms with Crippen LogP contribution in [-0.2, 0) is 26.8 Å². The third-order valence-electron chi connectivity index (χ3n) is 3.82. The molecule has 0 radical (unpaired) electrons. The van der Waals surface area contributed by atoms with E-state index in [0.717, 1.165) is 12.0 Å². The van der Waals surface area contributed by atoms with Gasteiger partial charge in [-0.3, -0.25) is 4.79 Å². The van der Waals surface area contributed by atoms with Crippen molar-refractivity contribution in [2.75, 3.05) is 5.32 Å². The Bertz CT molecular complexity index is 799. The Hall–Kier alpha value is -2.21. The summed E-state index contributed by atoms with van der Waals surface area (Å²) in [5.74, 6) is -1.32. The first kappa shape index (κ1) is 18.1. The number of nitrogens with one attached hydrogen (secondary N) is 1. The molecule has 24 heavy (non-hydrogen) atoms. The lowest BCUT2D eigenvalue weighted by molar-refractivity contribution is -0.115. The summed E-state index contributed by atoms with van der Waals surface area (Å²) in [7, 11) is -3.69. The molecule has 0 spiro atoms. The largest absolute Gasteiger partial charge is 0.325 e. The van der Waals surface area contributed by atoms with Crippen LogP contribution in [0.2, 0.25) is 0 Å². The van der Waals surface area contributed by atoms with Crippen molar-refractivity contribution in [3.05, 3.63) is 65.5 Å². The summed E-state index contributed by atoms with van der Waals surface area (Å²) in [6.07, 6.45) is 0.886. The Morgan fingerprint density at radius 1 is 1.04 bits per heavy atom. The van der Waals surface area contributed by atoms with Gasteiger partial charge in [0.05, 0.1) is 5.75 Å². The molecule has 2 aromatic rings. The minimum Gasteiger partial charge on any atom is -0.325 e. The lowest BCUT2D eigenvalue weighted by Gasteiger charge is -2.14. The number of rotatable bonds is 6. The van der Waals surface area contributed by atoms with Gasteiger partial charge in [0, 0.05) is 5.69 Å². The number of benzene rings is 2. The lowest BCUT2D eigenvalue weighted by atomic mass is 10.1. The number of hydrogen-bond donors (Lipinski definition) is 1. The Morgan fingerprint density at radius 3 is 2.12 bits per heavy atom. The molecule has 1 atom stereocenters. The second-order valence-electron chi connectivity index (χ2n) is 5.62. The molecule has 0 aliphatic rings. The van der Waals surface area contributed by atoms with Gasteiger partial charge >= 0.3 is 0 Å².